The Balaban J connectivity index is 2.86. The summed E-state index contributed by atoms with van der Waals surface area (Å²) in [6, 6.07) is 5.80. The van der Waals surface area contributed by atoms with Crippen LogP contribution in [0, 0.1) is 0 Å². The second kappa shape index (κ2) is 2.27. The van der Waals surface area contributed by atoms with Gasteiger partial charge in [0.05, 0.1) is 0 Å². The summed E-state index contributed by atoms with van der Waals surface area (Å²) >= 11 is 3.42. The zero-order valence-corrected chi connectivity index (χ0v) is 7.35. The van der Waals surface area contributed by atoms with Crippen molar-refractivity contribution in [1.29, 1.82) is 0 Å². The Bertz CT molecular complexity index is 392. The SMILES string of the molecule is Nc1ccc2c(Br)c[nH]c2c1. The molecule has 0 aliphatic carbocycles. The molecule has 2 aromatic rings. The molecule has 3 heteroatoms. The fourth-order valence-corrected chi connectivity index (χ4v) is 1.57. The highest BCUT2D eigenvalue weighted by molar-refractivity contribution is 9.10. The molecule has 1 aromatic heterocycles. The van der Waals surface area contributed by atoms with Crippen LogP contribution in [0.1, 0.15) is 0 Å². The maximum absolute atomic E-state index is 5.60. The summed E-state index contributed by atoms with van der Waals surface area (Å²) in [6.45, 7) is 0. The minimum Gasteiger partial charge on any atom is -0.399 e. The molecular weight excluding hydrogens is 204 g/mol. The normalized spacial score (nSPS) is 10.6. The van der Waals surface area contributed by atoms with Crippen molar-refractivity contribution in [1.82, 2.24) is 4.98 Å². The summed E-state index contributed by atoms with van der Waals surface area (Å²) in [5.74, 6) is 0. The zero-order chi connectivity index (χ0) is 7.84. The summed E-state index contributed by atoms with van der Waals surface area (Å²) in [7, 11) is 0. The first-order valence-corrected chi connectivity index (χ1v) is 4.09. The van der Waals surface area contributed by atoms with Crippen LogP contribution in [-0.4, -0.2) is 4.98 Å². The standard InChI is InChI=1S/C8H7BrN2/c9-7-4-11-8-3-5(10)1-2-6(7)8/h1-4,11H,10H2. The molecule has 0 bridgehead atoms. The van der Waals surface area contributed by atoms with Crippen molar-refractivity contribution in [3.05, 3.63) is 28.9 Å². The number of aromatic nitrogens is 1. The van der Waals surface area contributed by atoms with Gasteiger partial charge in [-0.15, -0.1) is 0 Å². The van der Waals surface area contributed by atoms with E-state index in [1.54, 1.807) is 0 Å². The molecule has 3 N–H and O–H groups in total. The minimum atomic E-state index is 0.784. The molecule has 0 aliphatic rings. The predicted molar refractivity (Wildman–Crippen MR) is 50.4 cm³/mol. The summed E-state index contributed by atoms with van der Waals surface area (Å²) in [5.41, 5.74) is 7.45. The monoisotopic (exact) mass is 210 g/mol. The Labute approximate surface area is 72.5 Å². The van der Waals surface area contributed by atoms with Crippen LogP contribution in [0.3, 0.4) is 0 Å². The number of hydrogen-bond donors (Lipinski definition) is 2. The molecule has 2 rings (SSSR count). The molecule has 1 heterocycles. The second-order valence-corrected chi connectivity index (χ2v) is 3.30. The average Bonchev–Trinajstić information content (AvgIpc) is 2.32. The maximum atomic E-state index is 5.60. The Morgan fingerprint density at radius 1 is 1.36 bits per heavy atom. The van der Waals surface area contributed by atoms with Gasteiger partial charge in [0, 0.05) is 27.3 Å². The minimum absolute atomic E-state index is 0.784. The molecule has 0 amide bonds. The quantitative estimate of drug-likeness (QED) is 0.646. The molecular formula is C8H7BrN2. The van der Waals surface area contributed by atoms with Gasteiger partial charge in [-0.2, -0.15) is 0 Å². The van der Waals surface area contributed by atoms with E-state index in [1.807, 2.05) is 24.4 Å². The van der Waals surface area contributed by atoms with Gasteiger partial charge >= 0.3 is 0 Å². The van der Waals surface area contributed by atoms with E-state index in [0.717, 1.165) is 15.7 Å². The van der Waals surface area contributed by atoms with Crippen LogP contribution in [0.5, 0.6) is 0 Å². The van der Waals surface area contributed by atoms with Crippen LogP contribution >= 0.6 is 15.9 Å². The fourth-order valence-electron chi connectivity index (χ4n) is 1.11. The van der Waals surface area contributed by atoms with Gasteiger partial charge in [-0.3, -0.25) is 0 Å². The average molecular weight is 211 g/mol. The summed E-state index contributed by atoms with van der Waals surface area (Å²) in [4.78, 5) is 3.10. The number of hydrogen-bond acceptors (Lipinski definition) is 1. The van der Waals surface area contributed by atoms with Crippen LogP contribution in [0.25, 0.3) is 10.9 Å². The van der Waals surface area contributed by atoms with Crippen LogP contribution < -0.4 is 5.73 Å². The summed E-state index contributed by atoms with van der Waals surface area (Å²) in [5, 5.41) is 1.17. The van der Waals surface area contributed by atoms with Crippen molar-refractivity contribution >= 4 is 32.5 Å². The molecule has 56 valence electrons. The van der Waals surface area contributed by atoms with Crippen molar-refractivity contribution in [3.8, 4) is 0 Å². The van der Waals surface area contributed by atoms with Gasteiger partial charge in [-0.1, -0.05) is 0 Å². The molecule has 1 aromatic carbocycles. The van der Waals surface area contributed by atoms with E-state index in [9.17, 15) is 0 Å². The van der Waals surface area contributed by atoms with E-state index in [4.69, 9.17) is 5.73 Å². The molecule has 0 spiro atoms. The third kappa shape index (κ3) is 1.01. The summed E-state index contributed by atoms with van der Waals surface area (Å²) < 4.78 is 1.08. The molecule has 2 nitrogen and oxygen atoms in total. The van der Waals surface area contributed by atoms with Crippen LogP contribution in [0.2, 0.25) is 0 Å². The Hall–Kier alpha value is -0.960. The van der Waals surface area contributed by atoms with E-state index >= 15 is 0 Å². The first-order chi connectivity index (χ1) is 5.27. The molecule has 11 heavy (non-hydrogen) atoms. The lowest BCUT2D eigenvalue weighted by Gasteiger charge is -1.92. The molecule has 0 aliphatic heterocycles. The van der Waals surface area contributed by atoms with Crippen molar-refractivity contribution < 1.29 is 0 Å². The predicted octanol–water partition coefficient (Wildman–Crippen LogP) is 2.51. The van der Waals surface area contributed by atoms with Gasteiger partial charge in [-0.25, -0.2) is 0 Å². The van der Waals surface area contributed by atoms with Gasteiger partial charge in [0.25, 0.3) is 0 Å². The first-order valence-electron chi connectivity index (χ1n) is 3.29. The topological polar surface area (TPSA) is 41.8 Å². The van der Waals surface area contributed by atoms with E-state index < -0.39 is 0 Å². The van der Waals surface area contributed by atoms with Gasteiger partial charge < -0.3 is 10.7 Å². The maximum Gasteiger partial charge on any atom is 0.0486 e. The van der Waals surface area contributed by atoms with E-state index in [1.165, 1.54) is 5.39 Å². The number of nitrogens with two attached hydrogens (primary N) is 1. The number of rotatable bonds is 0. The van der Waals surface area contributed by atoms with Crippen molar-refractivity contribution in [3.63, 3.8) is 0 Å². The number of benzene rings is 1. The van der Waals surface area contributed by atoms with E-state index in [2.05, 4.69) is 20.9 Å². The van der Waals surface area contributed by atoms with Gasteiger partial charge in [-0.05, 0) is 34.1 Å². The zero-order valence-electron chi connectivity index (χ0n) is 5.76. The molecule has 0 unspecified atom stereocenters. The molecule has 0 atom stereocenters. The highest BCUT2D eigenvalue weighted by atomic mass is 79.9. The van der Waals surface area contributed by atoms with Gasteiger partial charge in [0.1, 0.15) is 0 Å². The van der Waals surface area contributed by atoms with Gasteiger partial charge in [0.15, 0.2) is 0 Å². The Morgan fingerprint density at radius 3 is 3.00 bits per heavy atom. The number of fused-ring (bicyclic) bond motifs is 1. The van der Waals surface area contributed by atoms with Crippen LogP contribution in [0.4, 0.5) is 5.69 Å². The smallest absolute Gasteiger partial charge is 0.0486 e. The third-order valence-corrected chi connectivity index (χ3v) is 2.31. The van der Waals surface area contributed by atoms with Crippen LogP contribution in [0.15, 0.2) is 28.9 Å². The fraction of sp³-hybridized carbons (Fsp3) is 0. The van der Waals surface area contributed by atoms with Crippen molar-refractivity contribution in [2.75, 3.05) is 5.73 Å². The molecule has 0 saturated carbocycles. The lowest BCUT2D eigenvalue weighted by Crippen LogP contribution is -1.82. The second-order valence-electron chi connectivity index (χ2n) is 2.44. The van der Waals surface area contributed by atoms with E-state index in [0.29, 0.717) is 0 Å². The molecule has 0 radical (unpaired) electrons. The largest absolute Gasteiger partial charge is 0.399 e. The van der Waals surface area contributed by atoms with Gasteiger partial charge in [0.2, 0.25) is 0 Å². The lowest BCUT2D eigenvalue weighted by atomic mass is 10.2. The summed E-state index contributed by atoms with van der Waals surface area (Å²) in [6.07, 6.45) is 1.91. The Kier molecular flexibility index (Phi) is 1.39. The number of halogens is 1. The number of nitrogen functional groups attached to an aromatic ring is 1. The van der Waals surface area contributed by atoms with Crippen molar-refractivity contribution in [2.24, 2.45) is 0 Å². The number of nitrogens with one attached hydrogen (secondary N) is 1. The lowest BCUT2D eigenvalue weighted by molar-refractivity contribution is 1.47. The van der Waals surface area contributed by atoms with Crippen molar-refractivity contribution in [2.45, 2.75) is 0 Å². The Morgan fingerprint density at radius 2 is 2.18 bits per heavy atom. The number of aromatic amines is 1. The third-order valence-electron chi connectivity index (χ3n) is 1.66. The molecule has 0 fully saturated rings. The highest BCUT2D eigenvalue weighted by Crippen LogP contribution is 2.24. The van der Waals surface area contributed by atoms with Crippen LogP contribution in [-0.2, 0) is 0 Å². The number of anilines is 1. The van der Waals surface area contributed by atoms with E-state index in [-0.39, 0.29) is 0 Å². The number of H-pyrrole nitrogens is 1. The highest BCUT2D eigenvalue weighted by Gasteiger charge is 1.98. The molecule has 0 saturated heterocycles. The first kappa shape index (κ1) is 6.73.